The summed E-state index contributed by atoms with van der Waals surface area (Å²) >= 11 is 9.39. The monoisotopic (exact) mass is 462 g/mol. The number of nitriles is 1. The van der Waals surface area contributed by atoms with E-state index in [0.29, 0.717) is 26.5 Å². The van der Waals surface area contributed by atoms with Crippen LogP contribution in [-0.2, 0) is 14.3 Å². The van der Waals surface area contributed by atoms with Crippen molar-refractivity contribution >= 4 is 51.2 Å². The molecule has 1 N–H and O–H groups in total. The van der Waals surface area contributed by atoms with Crippen LogP contribution in [0.1, 0.15) is 11.1 Å². The summed E-state index contributed by atoms with van der Waals surface area (Å²) < 4.78 is 10.7. The molecule has 2 rings (SSSR count). The van der Waals surface area contributed by atoms with Gasteiger partial charge in [0.1, 0.15) is 17.4 Å². The molecule has 0 fully saturated rings. The maximum Gasteiger partial charge on any atom is 0.343 e. The lowest BCUT2D eigenvalue weighted by Crippen LogP contribution is -2.14. The van der Waals surface area contributed by atoms with E-state index in [2.05, 4.69) is 26.0 Å². The van der Waals surface area contributed by atoms with E-state index in [9.17, 15) is 14.9 Å². The maximum absolute atomic E-state index is 12.5. The first-order chi connectivity index (χ1) is 13.3. The number of carbonyl (C=O) groups is 2. The van der Waals surface area contributed by atoms with Crippen molar-refractivity contribution in [2.45, 2.75) is 6.92 Å². The highest BCUT2D eigenvalue weighted by Crippen LogP contribution is 2.26. The molecule has 0 spiro atoms. The van der Waals surface area contributed by atoms with E-state index in [1.165, 1.54) is 13.2 Å². The fraction of sp³-hybridized carbons (Fsp3) is 0.150. The van der Waals surface area contributed by atoms with Crippen molar-refractivity contribution in [3.63, 3.8) is 0 Å². The number of hydrogen-bond donors (Lipinski definition) is 1. The normalized spacial score (nSPS) is 10.8. The molecule has 2 aromatic carbocycles. The Hall–Kier alpha value is -2.82. The molecule has 0 atom stereocenters. The Morgan fingerprint density at radius 3 is 2.68 bits per heavy atom. The third-order valence-corrected chi connectivity index (χ3v) is 4.54. The summed E-state index contributed by atoms with van der Waals surface area (Å²) in [7, 11) is 1.25. The Labute approximate surface area is 175 Å². The quantitative estimate of drug-likeness (QED) is 0.387. The second-order valence-electron chi connectivity index (χ2n) is 5.63. The highest BCUT2D eigenvalue weighted by molar-refractivity contribution is 9.10. The van der Waals surface area contributed by atoms with Gasteiger partial charge in [0, 0.05) is 20.7 Å². The molecule has 8 heteroatoms. The molecule has 0 radical (unpaired) electrons. The van der Waals surface area contributed by atoms with Crippen molar-refractivity contribution in [3.8, 4) is 11.8 Å². The van der Waals surface area contributed by atoms with Gasteiger partial charge in [-0.05, 0) is 48.9 Å². The molecule has 0 aromatic heterocycles. The average molecular weight is 464 g/mol. The number of carbonyl (C=O) groups excluding carboxylic acids is 2. The standard InChI is InChI=1S/C20H16BrClN2O4/c1-12-3-5-16(9-17(12)22)24-20(26)14(10-23)7-13-8-15(21)4-6-18(13)28-11-19(25)27-2/h3-9H,11H2,1-2H3,(H,24,26)/b14-7-. The Kier molecular flexibility index (Phi) is 7.61. The number of rotatable bonds is 6. The van der Waals surface area contributed by atoms with Crippen molar-refractivity contribution in [1.29, 1.82) is 5.26 Å². The number of methoxy groups -OCH3 is 1. The molecule has 6 nitrogen and oxygen atoms in total. The van der Waals surface area contributed by atoms with Gasteiger partial charge in [-0.2, -0.15) is 5.26 Å². The van der Waals surface area contributed by atoms with Crippen LogP contribution in [0.15, 0.2) is 46.4 Å². The molecule has 0 saturated heterocycles. The number of amides is 1. The van der Waals surface area contributed by atoms with Crippen molar-refractivity contribution < 1.29 is 19.1 Å². The van der Waals surface area contributed by atoms with Gasteiger partial charge in [0.05, 0.1) is 7.11 Å². The minimum atomic E-state index is -0.596. The minimum absolute atomic E-state index is 0.141. The number of benzene rings is 2. The van der Waals surface area contributed by atoms with Crippen LogP contribution < -0.4 is 10.1 Å². The summed E-state index contributed by atoms with van der Waals surface area (Å²) in [6.07, 6.45) is 1.38. The first-order valence-corrected chi connectivity index (χ1v) is 9.19. The zero-order chi connectivity index (χ0) is 20.7. The van der Waals surface area contributed by atoms with Gasteiger partial charge >= 0.3 is 5.97 Å². The van der Waals surface area contributed by atoms with E-state index >= 15 is 0 Å². The van der Waals surface area contributed by atoms with Gasteiger partial charge < -0.3 is 14.8 Å². The van der Waals surface area contributed by atoms with Gasteiger partial charge in [0.2, 0.25) is 0 Å². The number of nitrogens with one attached hydrogen (secondary N) is 1. The highest BCUT2D eigenvalue weighted by atomic mass is 79.9. The molecule has 0 aliphatic heterocycles. The maximum atomic E-state index is 12.5. The van der Waals surface area contributed by atoms with Crippen LogP contribution in [0.3, 0.4) is 0 Å². The highest BCUT2D eigenvalue weighted by Gasteiger charge is 2.13. The molecule has 0 aliphatic rings. The zero-order valence-corrected chi connectivity index (χ0v) is 17.4. The number of aryl methyl sites for hydroxylation is 1. The van der Waals surface area contributed by atoms with Gasteiger partial charge in [0.25, 0.3) is 5.91 Å². The van der Waals surface area contributed by atoms with E-state index < -0.39 is 11.9 Å². The minimum Gasteiger partial charge on any atom is -0.481 e. The molecule has 28 heavy (non-hydrogen) atoms. The third kappa shape index (κ3) is 5.84. The zero-order valence-electron chi connectivity index (χ0n) is 15.1. The summed E-state index contributed by atoms with van der Waals surface area (Å²) in [4.78, 5) is 23.8. The van der Waals surface area contributed by atoms with Crippen molar-refractivity contribution in [1.82, 2.24) is 0 Å². The molecule has 0 heterocycles. The van der Waals surface area contributed by atoms with Crippen molar-refractivity contribution in [2.24, 2.45) is 0 Å². The van der Waals surface area contributed by atoms with Crippen LogP contribution in [0.5, 0.6) is 5.75 Å². The first-order valence-electron chi connectivity index (χ1n) is 8.02. The molecular formula is C20H16BrClN2O4. The number of ether oxygens (including phenoxy) is 2. The van der Waals surface area contributed by atoms with Crippen LogP contribution in [0.25, 0.3) is 6.08 Å². The Morgan fingerprint density at radius 2 is 2.04 bits per heavy atom. The van der Waals surface area contributed by atoms with Crippen LogP contribution in [0.2, 0.25) is 5.02 Å². The predicted octanol–water partition coefficient (Wildman–Crippen LogP) is 4.51. The number of esters is 1. The molecule has 1 amide bonds. The molecule has 2 aromatic rings. The molecule has 0 unspecified atom stereocenters. The molecular weight excluding hydrogens is 448 g/mol. The van der Waals surface area contributed by atoms with Gasteiger partial charge in [-0.1, -0.05) is 33.6 Å². The average Bonchev–Trinajstić information content (AvgIpc) is 2.67. The number of anilines is 1. The van der Waals surface area contributed by atoms with Crippen molar-refractivity contribution in [3.05, 3.63) is 62.6 Å². The van der Waals surface area contributed by atoms with Crippen molar-refractivity contribution in [2.75, 3.05) is 19.0 Å². The van der Waals surface area contributed by atoms with Crippen LogP contribution in [0, 0.1) is 18.3 Å². The third-order valence-electron chi connectivity index (χ3n) is 3.64. The Morgan fingerprint density at radius 1 is 1.29 bits per heavy atom. The predicted molar refractivity (Wildman–Crippen MR) is 110 cm³/mol. The lowest BCUT2D eigenvalue weighted by Gasteiger charge is -2.10. The number of halogens is 2. The summed E-state index contributed by atoms with van der Waals surface area (Å²) in [5.74, 6) is -0.818. The summed E-state index contributed by atoms with van der Waals surface area (Å²) in [6.45, 7) is 1.55. The smallest absolute Gasteiger partial charge is 0.343 e. The SMILES string of the molecule is COC(=O)COc1ccc(Br)cc1/C=C(/C#N)C(=O)Nc1ccc(C)c(Cl)c1. The van der Waals surface area contributed by atoms with Crippen LogP contribution in [0.4, 0.5) is 5.69 Å². The first kappa shape index (κ1) is 21.5. The van der Waals surface area contributed by atoms with Gasteiger partial charge in [0.15, 0.2) is 6.61 Å². The van der Waals surface area contributed by atoms with Gasteiger partial charge in [-0.25, -0.2) is 4.79 Å². The van der Waals surface area contributed by atoms with E-state index in [1.54, 1.807) is 36.4 Å². The van der Waals surface area contributed by atoms with Crippen LogP contribution >= 0.6 is 27.5 Å². The largest absolute Gasteiger partial charge is 0.481 e. The Balaban J connectivity index is 2.28. The van der Waals surface area contributed by atoms with Gasteiger partial charge in [-0.3, -0.25) is 4.79 Å². The van der Waals surface area contributed by atoms with E-state index in [1.807, 2.05) is 13.0 Å². The van der Waals surface area contributed by atoms with Crippen LogP contribution in [-0.4, -0.2) is 25.6 Å². The number of hydrogen-bond acceptors (Lipinski definition) is 5. The topological polar surface area (TPSA) is 88.4 Å². The molecule has 0 bridgehead atoms. The molecule has 0 aliphatic carbocycles. The Bertz CT molecular complexity index is 983. The summed E-state index contributed by atoms with van der Waals surface area (Å²) in [5, 5.41) is 12.6. The fourth-order valence-corrected chi connectivity index (χ4v) is 2.69. The lowest BCUT2D eigenvalue weighted by molar-refractivity contribution is -0.142. The van der Waals surface area contributed by atoms with E-state index in [4.69, 9.17) is 16.3 Å². The summed E-state index contributed by atoms with van der Waals surface area (Å²) in [5.41, 5.74) is 1.65. The van der Waals surface area contributed by atoms with Gasteiger partial charge in [-0.15, -0.1) is 0 Å². The number of nitrogens with zero attached hydrogens (tertiary/aromatic N) is 1. The second-order valence-corrected chi connectivity index (χ2v) is 6.96. The molecule has 144 valence electrons. The molecule has 0 saturated carbocycles. The van der Waals surface area contributed by atoms with E-state index in [-0.39, 0.29) is 12.2 Å². The lowest BCUT2D eigenvalue weighted by atomic mass is 10.1. The fourth-order valence-electron chi connectivity index (χ4n) is 2.13. The summed E-state index contributed by atoms with van der Waals surface area (Å²) in [6, 6.07) is 11.9. The second kappa shape index (κ2) is 9.93. The van der Waals surface area contributed by atoms with E-state index in [0.717, 1.165) is 5.56 Å².